The highest BCUT2D eigenvalue weighted by Crippen LogP contribution is 2.19. The fourth-order valence-electron chi connectivity index (χ4n) is 2.34. The van der Waals surface area contributed by atoms with E-state index in [9.17, 15) is 14.0 Å². The summed E-state index contributed by atoms with van der Waals surface area (Å²) < 4.78 is 13.0. The zero-order valence-corrected chi connectivity index (χ0v) is 13.2. The van der Waals surface area contributed by atoms with Crippen molar-refractivity contribution in [3.8, 4) is 0 Å². The van der Waals surface area contributed by atoms with Crippen LogP contribution in [0.5, 0.6) is 0 Å². The van der Waals surface area contributed by atoms with Gasteiger partial charge in [0, 0.05) is 31.9 Å². The van der Waals surface area contributed by atoms with E-state index in [1.165, 1.54) is 18.2 Å². The largest absolute Gasteiger partial charge is 0.340 e. The molecule has 0 spiro atoms. The average molecular weight is 328 g/mol. The Kier molecular flexibility index (Phi) is 5.74. The van der Waals surface area contributed by atoms with E-state index in [0.29, 0.717) is 18.8 Å². The minimum absolute atomic E-state index is 0.0696. The van der Waals surface area contributed by atoms with E-state index in [2.05, 4.69) is 17.1 Å². The molecule has 1 aromatic carbocycles. The van der Waals surface area contributed by atoms with Gasteiger partial charge in [-0.25, -0.2) is 4.39 Å². The Balaban J connectivity index is 1.84. The molecular formula is C15H19ClFN3O2. The van der Waals surface area contributed by atoms with Gasteiger partial charge in [-0.2, -0.15) is 0 Å². The van der Waals surface area contributed by atoms with Gasteiger partial charge in [0.1, 0.15) is 12.2 Å². The Bertz CT molecular complexity index is 560. The molecule has 0 bridgehead atoms. The van der Waals surface area contributed by atoms with Crippen LogP contribution >= 0.6 is 11.6 Å². The quantitative estimate of drug-likeness (QED) is 0.860. The van der Waals surface area contributed by atoms with E-state index in [0.717, 1.165) is 19.6 Å². The third kappa shape index (κ3) is 4.42. The second-order valence-corrected chi connectivity index (χ2v) is 5.58. The zero-order valence-electron chi connectivity index (χ0n) is 12.4. The zero-order chi connectivity index (χ0) is 16.1. The number of hydrogen-bond acceptors (Lipinski definition) is 3. The summed E-state index contributed by atoms with van der Waals surface area (Å²) in [5, 5.41) is 2.48. The number of amides is 2. The molecule has 0 saturated carbocycles. The van der Waals surface area contributed by atoms with Crippen molar-refractivity contribution >= 4 is 29.1 Å². The SMILES string of the molecule is CCN1CCN(C(=O)CC(=O)Nc2ccc(F)c(Cl)c2)CC1. The Morgan fingerprint density at radius 3 is 2.55 bits per heavy atom. The Morgan fingerprint density at radius 2 is 1.95 bits per heavy atom. The van der Waals surface area contributed by atoms with Gasteiger partial charge in [0.15, 0.2) is 0 Å². The van der Waals surface area contributed by atoms with Gasteiger partial charge in [-0.1, -0.05) is 18.5 Å². The number of hydrogen-bond donors (Lipinski definition) is 1. The lowest BCUT2D eigenvalue weighted by atomic mass is 10.2. The van der Waals surface area contributed by atoms with Gasteiger partial charge in [0.25, 0.3) is 0 Å². The molecule has 120 valence electrons. The maximum atomic E-state index is 13.0. The molecule has 0 aliphatic carbocycles. The van der Waals surface area contributed by atoms with Crippen LogP contribution in [0.2, 0.25) is 5.02 Å². The minimum Gasteiger partial charge on any atom is -0.340 e. The van der Waals surface area contributed by atoms with Crippen LogP contribution in [0.4, 0.5) is 10.1 Å². The summed E-state index contributed by atoms with van der Waals surface area (Å²) in [7, 11) is 0. The van der Waals surface area contributed by atoms with Crippen molar-refractivity contribution in [1.82, 2.24) is 9.80 Å². The molecule has 1 aliphatic rings. The smallest absolute Gasteiger partial charge is 0.233 e. The fourth-order valence-corrected chi connectivity index (χ4v) is 2.52. The summed E-state index contributed by atoms with van der Waals surface area (Å²) in [6.45, 7) is 5.99. The first-order chi connectivity index (χ1) is 10.5. The lowest BCUT2D eigenvalue weighted by Crippen LogP contribution is -2.49. The van der Waals surface area contributed by atoms with Gasteiger partial charge < -0.3 is 15.1 Å². The average Bonchev–Trinajstić information content (AvgIpc) is 2.51. The van der Waals surface area contributed by atoms with Crippen molar-refractivity contribution in [1.29, 1.82) is 0 Å². The molecule has 1 heterocycles. The van der Waals surface area contributed by atoms with Crippen LogP contribution in [0.15, 0.2) is 18.2 Å². The third-order valence-electron chi connectivity index (χ3n) is 3.69. The van der Waals surface area contributed by atoms with Crippen LogP contribution in [0.3, 0.4) is 0 Å². The molecule has 5 nitrogen and oxygen atoms in total. The molecular weight excluding hydrogens is 309 g/mol. The number of carbonyl (C=O) groups excluding carboxylic acids is 2. The maximum absolute atomic E-state index is 13.0. The van der Waals surface area contributed by atoms with Crippen LogP contribution in [-0.2, 0) is 9.59 Å². The molecule has 0 radical (unpaired) electrons. The molecule has 1 aromatic rings. The molecule has 0 atom stereocenters. The molecule has 1 fully saturated rings. The van der Waals surface area contributed by atoms with Gasteiger partial charge in [0.2, 0.25) is 11.8 Å². The number of carbonyl (C=O) groups is 2. The highest BCUT2D eigenvalue weighted by molar-refractivity contribution is 6.31. The number of halogens is 2. The van der Waals surface area contributed by atoms with Gasteiger partial charge in [-0.15, -0.1) is 0 Å². The minimum atomic E-state index is -0.551. The predicted octanol–water partition coefficient (Wildman–Crippen LogP) is 1.97. The lowest BCUT2D eigenvalue weighted by molar-refractivity contribution is -0.136. The van der Waals surface area contributed by atoms with Crippen LogP contribution in [-0.4, -0.2) is 54.3 Å². The Morgan fingerprint density at radius 1 is 1.27 bits per heavy atom. The van der Waals surface area contributed by atoms with Crippen LogP contribution in [0.1, 0.15) is 13.3 Å². The second kappa shape index (κ2) is 7.56. The van der Waals surface area contributed by atoms with Crippen molar-refractivity contribution in [2.24, 2.45) is 0 Å². The van der Waals surface area contributed by atoms with Crippen LogP contribution in [0.25, 0.3) is 0 Å². The maximum Gasteiger partial charge on any atom is 0.233 e. The van der Waals surface area contributed by atoms with E-state index >= 15 is 0 Å². The van der Waals surface area contributed by atoms with E-state index in [4.69, 9.17) is 11.6 Å². The van der Waals surface area contributed by atoms with Gasteiger partial charge in [-0.3, -0.25) is 9.59 Å². The van der Waals surface area contributed by atoms with E-state index in [-0.39, 0.29) is 17.4 Å². The summed E-state index contributed by atoms with van der Waals surface area (Å²) in [4.78, 5) is 27.9. The third-order valence-corrected chi connectivity index (χ3v) is 3.98. The normalized spacial score (nSPS) is 15.7. The second-order valence-electron chi connectivity index (χ2n) is 5.17. The lowest BCUT2D eigenvalue weighted by Gasteiger charge is -2.33. The Hall–Kier alpha value is -1.66. The van der Waals surface area contributed by atoms with Crippen molar-refractivity contribution in [2.45, 2.75) is 13.3 Å². The highest BCUT2D eigenvalue weighted by Gasteiger charge is 2.22. The molecule has 2 rings (SSSR count). The molecule has 7 heteroatoms. The number of likely N-dealkylation sites (N-methyl/N-ethyl adjacent to an activating group) is 1. The molecule has 0 unspecified atom stereocenters. The Labute approximate surface area is 134 Å². The predicted molar refractivity (Wildman–Crippen MR) is 83.4 cm³/mol. The van der Waals surface area contributed by atoms with Crippen molar-refractivity contribution in [3.63, 3.8) is 0 Å². The van der Waals surface area contributed by atoms with E-state index < -0.39 is 11.7 Å². The van der Waals surface area contributed by atoms with Crippen molar-refractivity contribution in [2.75, 3.05) is 38.0 Å². The molecule has 22 heavy (non-hydrogen) atoms. The van der Waals surface area contributed by atoms with Gasteiger partial charge >= 0.3 is 0 Å². The summed E-state index contributed by atoms with van der Waals surface area (Å²) in [5.41, 5.74) is 0.375. The first-order valence-corrected chi connectivity index (χ1v) is 7.62. The number of benzene rings is 1. The molecule has 0 aromatic heterocycles. The van der Waals surface area contributed by atoms with Crippen molar-refractivity contribution in [3.05, 3.63) is 29.0 Å². The summed E-state index contributed by atoms with van der Waals surface area (Å²) in [6, 6.07) is 3.90. The number of nitrogens with zero attached hydrogens (tertiary/aromatic N) is 2. The number of nitrogens with one attached hydrogen (secondary N) is 1. The molecule has 2 amide bonds. The first kappa shape index (κ1) is 16.7. The van der Waals surface area contributed by atoms with Gasteiger partial charge in [-0.05, 0) is 24.7 Å². The van der Waals surface area contributed by atoms with Crippen LogP contribution < -0.4 is 5.32 Å². The number of piperazine rings is 1. The summed E-state index contributed by atoms with van der Waals surface area (Å²) in [5.74, 6) is -1.17. The molecule has 1 aliphatic heterocycles. The van der Waals surface area contributed by atoms with E-state index in [1.807, 2.05) is 0 Å². The first-order valence-electron chi connectivity index (χ1n) is 7.24. The van der Waals surface area contributed by atoms with Crippen LogP contribution in [0, 0.1) is 5.82 Å². The highest BCUT2D eigenvalue weighted by atomic mass is 35.5. The molecule has 1 N–H and O–H groups in total. The van der Waals surface area contributed by atoms with Crippen molar-refractivity contribution < 1.29 is 14.0 Å². The summed E-state index contributed by atoms with van der Waals surface area (Å²) >= 11 is 5.65. The molecule has 1 saturated heterocycles. The number of anilines is 1. The number of rotatable bonds is 4. The standard InChI is InChI=1S/C15H19ClFN3O2/c1-2-19-5-7-20(8-6-19)15(22)10-14(21)18-11-3-4-13(17)12(16)9-11/h3-4,9H,2,5-8,10H2,1H3,(H,18,21). The topological polar surface area (TPSA) is 52.7 Å². The van der Waals surface area contributed by atoms with Gasteiger partial charge in [0.05, 0.1) is 5.02 Å². The van der Waals surface area contributed by atoms with E-state index in [1.54, 1.807) is 4.90 Å². The monoisotopic (exact) mass is 327 g/mol. The fraction of sp³-hybridized carbons (Fsp3) is 0.467. The summed E-state index contributed by atoms with van der Waals surface area (Å²) in [6.07, 6.45) is -0.221.